The van der Waals surface area contributed by atoms with Gasteiger partial charge in [0.1, 0.15) is 18.0 Å². The molecule has 9 nitrogen and oxygen atoms in total. The molecule has 0 spiro atoms. The molecule has 0 aliphatic heterocycles. The lowest BCUT2D eigenvalue weighted by molar-refractivity contribution is -0.139. The lowest BCUT2D eigenvalue weighted by Crippen LogP contribution is -2.31. The minimum Gasteiger partial charge on any atom is -0.481 e. The maximum absolute atomic E-state index is 12.4. The summed E-state index contributed by atoms with van der Waals surface area (Å²) >= 11 is 0. The first-order valence-electron chi connectivity index (χ1n) is 7.28. The number of hydrogen-bond acceptors (Lipinski definition) is 7. The maximum Gasteiger partial charge on any atom is 0.356 e. The van der Waals surface area contributed by atoms with Gasteiger partial charge < -0.3 is 20.7 Å². The summed E-state index contributed by atoms with van der Waals surface area (Å²) in [4.78, 5) is 53.7. The molecule has 138 valence electrons. The van der Waals surface area contributed by atoms with Crippen molar-refractivity contribution in [3.63, 3.8) is 0 Å². The minimum atomic E-state index is -4.05. The molecule has 0 saturated carbocycles. The predicted octanol–water partition coefficient (Wildman–Crippen LogP) is 0.541. The van der Waals surface area contributed by atoms with Gasteiger partial charge in [-0.15, -0.1) is 0 Å². The summed E-state index contributed by atoms with van der Waals surface area (Å²) in [6.07, 6.45) is -0.686. The highest BCUT2D eigenvalue weighted by Crippen LogP contribution is 2.53. The number of aryl methyl sites for hydroxylation is 2. The van der Waals surface area contributed by atoms with Gasteiger partial charge in [-0.25, -0.2) is 19.4 Å². The van der Waals surface area contributed by atoms with Crippen LogP contribution in [0.15, 0.2) is 12.1 Å². The molecule has 0 amide bonds. The Bertz CT molecular complexity index is 665. The molecule has 1 aromatic carbocycles. The highest BCUT2D eigenvalue weighted by Gasteiger charge is 2.45. The number of ether oxygens (including phenoxy) is 1. The van der Waals surface area contributed by atoms with E-state index in [1.165, 1.54) is 12.1 Å². The van der Waals surface area contributed by atoms with E-state index >= 15 is 0 Å². The zero-order valence-electron chi connectivity index (χ0n) is 13.8. The standard InChI is InChI=1S/C15H20NO8P/c1-8-5-10(6-9(2)13(8)24-7-12(17)18)15(21)25(22,23)4-3-11(16)14(19)20/h5-6,11,22-23H,3-4,7,16H2,1-2H3,(H-,17,18,19,20)/p+1. The molecule has 0 aromatic heterocycles. The average Bonchev–Trinajstić information content (AvgIpc) is 2.50. The van der Waals surface area contributed by atoms with Crippen LogP contribution >= 0.6 is 7.72 Å². The molecule has 0 bridgehead atoms. The minimum absolute atomic E-state index is 0.0277. The van der Waals surface area contributed by atoms with Gasteiger partial charge in [-0.2, -0.15) is 0 Å². The largest absolute Gasteiger partial charge is 0.481 e. The summed E-state index contributed by atoms with van der Waals surface area (Å²) in [6, 6.07) is 1.44. The topological polar surface area (TPSA) is 167 Å². The van der Waals surface area contributed by atoms with Crippen LogP contribution in [-0.2, 0) is 9.59 Å². The van der Waals surface area contributed by atoms with Crippen molar-refractivity contribution in [3.8, 4) is 5.75 Å². The summed E-state index contributed by atoms with van der Waals surface area (Å²) in [5, 5.41) is 17.4. The number of benzene rings is 1. The lowest BCUT2D eigenvalue weighted by Gasteiger charge is -2.15. The third kappa shape index (κ3) is 5.75. The van der Waals surface area contributed by atoms with Gasteiger partial charge in [0, 0.05) is 6.42 Å². The van der Waals surface area contributed by atoms with Crippen LogP contribution in [0.3, 0.4) is 0 Å². The van der Waals surface area contributed by atoms with Crippen LogP contribution in [0.4, 0.5) is 0 Å². The van der Waals surface area contributed by atoms with Crippen LogP contribution in [0.25, 0.3) is 0 Å². The third-order valence-electron chi connectivity index (χ3n) is 3.44. The Labute approximate surface area is 144 Å². The normalized spacial score (nSPS) is 12.5. The Kier molecular flexibility index (Phi) is 7.01. The fourth-order valence-corrected chi connectivity index (χ4v) is 3.57. The molecular formula is C15H21NO8P+. The SMILES string of the molecule is Cc1cc(C(=O)[P+](O)(O)CCC(N)C(=O)O)cc(C)c1OCC(=O)O. The molecule has 0 fully saturated rings. The van der Waals surface area contributed by atoms with Crippen molar-refractivity contribution in [3.05, 3.63) is 28.8 Å². The van der Waals surface area contributed by atoms with E-state index in [2.05, 4.69) is 0 Å². The quantitative estimate of drug-likeness (QED) is 0.387. The molecule has 0 aliphatic carbocycles. The maximum atomic E-state index is 12.4. The Morgan fingerprint density at radius 2 is 1.68 bits per heavy atom. The molecule has 1 rings (SSSR count). The summed E-state index contributed by atoms with van der Waals surface area (Å²) < 4.78 is 5.15. The molecule has 10 heteroatoms. The van der Waals surface area contributed by atoms with E-state index in [9.17, 15) is 24.2 Å². The van der Waals surface area contributed by atoms with E-state index in [0.717, 1.165) is 0 Å². The molecule has 1 aromatic rings. The molecule has 1 unspecified atom stereocenters. The van der Waals surface area contributed by atoms with Crippen LogP contribution in [0.2, 0.25) is 0 Å². The number of carbonyl (C=O) groups excluding carboxylic acids is 1. The van der Waals surface area contributed by atoms with Crippen molar-refractivity contribution >= 4 is 25.2 Å². The first-order valence-corrected chi connectivity index (χ1v) is 9.16. The molecule has 1 atom stereocenters. The average molecular weight is 374 g/mol. The first kappa shape index (κ1) is 21.0. The van der Waals surface area contributed by atoms with Crippen LogP contribution < -0.4 is 10.5 Å². The Morgan fingerprint density at radius 1 is 1.16 bits per heavy atom. The highest BCUT2D eigenvalue weighted by molar-refractivity contribution is 7.81. The van der Waals surface area contributed by atoms with Crippen LogP contribution in [0, 0.1) is 13.8 Å². The Morgan fingerprint density at radius 3 is 2.12 bits per heavy atom. The van der Waals surface area contributed by atoms with Gasteiger partial charge in [0.05, 0.1) is 5.56 Å². The number of nitrogens with two attached hydrogens (primary N) is 1. The Hall–Kier alpha value is -2.06. The van der Waals surface area contributed by atoms with Crippen molar-refractivity contribution in [1.82, 2.24) is 0 Å². The van der Waals surface area contributed by atoms with Crippen LogP contribution in [0.1, 0.15) is 27.9 Å². The number of carboxylic acid groups (broad SMARTS) is 2. The monoisotopic (exact) mass is 374 g/mol. The number of carboxylic acids is 2. The summed E-state index contributed by atoms with van der Waals surface area (Å²) in [5.74, 6) is -2.14. The number of hydrogen-bond donors (Lipinski definition) is 5. The van der Waals surface area contributed by atoms with E-state index in [-0.39, 0.29) is 12.0 Å². The molecule has 6 N–H and O–H groups in total. The number of rotatable bonds is 9. The molecule has 25 heavy (non-hydrogen) atoms. The smallest absolute Gasteiger partial charge is 0.356 e. The van der Waals surface area contributed by atoms with E-state index in [1.807, 2.05) is 0 Å². The van der Waals surface area contributed by atoms with Gasteiger partial charge in [0.15, 0.2) is 6.61 Å². The second-order valence-corrected chi connectivity index (χ2v) is 7.93. The Balaban J connectivity index is 2.97. The fraction of sp³-hybridized carbons (Fsp3) is 0.400. The molecule has 0 saturated heterocycles. The first-order chi connectivity index (χ1) is 11.5. The van der Waals surface area contributed by atoms with Gasteiger partial charge in [-0.3, -0.25) is 4.79 Å². The summed E-state index contributed by atoms with van der Waals surface area (Å²) in [7, 11) is -4.05. The van der Waals surface area contributed by atoms with Crippen molar-refractivity contribution in [2.45, 2.75) is 26.3 Å². The van der Waals surface area contributed by atoms with Crippen molar-refractivity contribution < 1.29 is 39.1 Å². The zero-order chi connectivity index (χ0) is 19.4. The molecule has 0 heterocycles. The van der Waals surface area contributed by atoms with Crippen LogP contribution in [0.5, 0.6) is 5.75 Å². The number of aliphatic carboxylic acids is 2. The summed E-state index contributed by atoms with van der Waals surface area (Å²) in [5.41, 5.74) is 5.36. The van der Waals surface area contributed by atoms with Gasteiger partial charge in [0.2, 0.25) is 0 Å². The second-order valence-electron chi connectivity index (χ2n) is 5.61. The van der Waals surface area contributed by atoms with E-state index in [4.69, 9.17) is 20.7 Å². The van der Waals surface area contributed by atoms with Gasteiger partial charge in [-0.05, 0) is 37.1 Å². The zero-order valence-corrected chi connectivity index (χ0v) is 14.7. The van der Waals surface area contributed by atoms with E-state index in [1.54, 1.807) is 13.8 Å². The summed E-state index contributed by atoms with van der Waals surface area (Å²) in [6.45, 7) is 2.64. The lowest BCUT2D eigenvalue weighted by atomic mass is 10.1. The number of carbonyl (C=O) groups is 3. The third-order valence-corrected chi connectivity index (χ3v) is 5.23. The van der Waals surface area contributed by atoms with Crippen molar-refractivity contribution in [1.29, 1.82) is 0 Å². The fourth-order valence-electron chi connectivity index (χ4n) is 2.19. The van der Waals surface area contributed by atoms with Crippen molar-refractivity contribution in [2.24, 2.45) is 5.73 Å². The van der Waals surface area contributed by atoms with E-state index < -0.39 is 44.0 Å². The molecular weight excluding hydrogens is 353 g/mol. The molecule has 0 aliphatic rings. The van der Waals surface area contributed by atoms with E-state index in [0.29, 0.717) is 16.9 Å². The van der Waals surface area contributed by atoms with Gasteiger partial charge >= 0.3 is 25.2 Å². The van der Waals surface area contributed by atoms with Crippen LogP contribution in [-0.4, -0.2) is 56.3 Å². The predicted molar refractivity (Wildman–Crippen MR) is 89.8 cm³/mol. The van der Waals surface area contributed by atoms with Gasteiger partial charge in [-0.1, -0.05) is 0 Å². The second kappa shape index (κ2) is 8.35. The highest BCUT2D eigenvalue weighted by atomic mass is 31.2. The molecule has 0 radical (unpaired) electrons. The van der Waals surface area contributed by atoms with Crippen molar-refractivity contribution in [2.75, 3.05) is 12.8 Å². The van der Waals surface area contributed by atoms with Gasteiger partial charge in [0.25, 0.3) is 0 Å².